The Bertz CT molecular complexity index is 1460. The van der Waals surface area contributed by atoms with Crippen LogP contribution in [0.1, 0.15) is 11.1 Å². The fourth-order valence-corrected chi connectivity index (χ4v) is 4.38. The maximum Gasteiger partial charge on any atom is 0.101 e. The van der Waals surface area contributed by atoms with Crippen molar-refractivity contribution < 1.29 is 0 Å². The van der Waals surface area contributed by atoms with Crippen LogP contribution in [0, 0.1) is 15.0 Å². The molecule has 5 aromatic rings. The Kier molecular flexibility index (Phi) is 7.20. The number of hydrogen-bond donors (Lipinski definition) is 0. The number of para-hydroxylation sites is 2. The van der Waals surface area contributed by atoms with Crippen molar-refractivity contribution in [3.63, 3.8) is 0 Å². The highest BCUT2D eigenvalue weighted by Crippen LogP contribution is 2.34. The number of benzene rings is 4. The summed E-state index contributed by atoms with van der Waals surface area (Å²) in [5.74, 6) is 0. The van der Waals surface area contributed by atoms with E-state index in [-0.39, 0.29) is 0 Å². The minimum atomic E-state index is 0.623. The number of anilines is 3. The fraction of sp³-hybridized carbons (Fsp3) is 0. The quantitative estimate of drug-likeness (QED) is 0.0879. The molecule has 0 fully saturated rings. The number of aromatic nitrogens is 1. The van der Waals surface area contributed by atoms with Gasteiger partial charge in [0.15, 0.2) is 0 Å². The predicted octanol–water partition coefficient (Wildman–Crippen LogP) is 8.89. The van der Waals surface area contributed by atoms with E-state index in [1.807, 2.05) is 79.0 Å². The predicted molar refractivity (Wildman–Crippen MR) is 157 cm³/mol. The summed E-state index contributed by atoms with van der Waals surface area (Å²) in [6, 6.07) is 43.4. The molecule has 0 aliphatic carbocycles. The number of allylic oxidation sites excluding steroid dienone is 1. The largest absolute Gasteiger partial charge is 0.311 e. The van der Waals surface area contributed by atoms with E-state index in [1.54, 1.807) is 0 Å². The van der Waals surface area contributed by atoms with Gasteiger partial charge in [-0.3, -0.25) is 0 Å². The zero-order chi connectivity index (χ0) is 24.7. The number of pyridine rings is 1. The molecule has 1 heterocycles. The first kappa shape index (κ1) is 23.5. The van der Waals surface area contributed by atoms with Crippen molar-refractivity contribution in [3.05, 3.63) is 142 Å². The molecule has 4 aromatic carbocycles. The maximum atomic E-state index is 9.86. The van der Waals surface area contributed by atoms with Crippen LogP contribution in [-0.4, -0.2) is 4.98 Å². The van der Waals surface area contributed by atoms with Gasteiger partial charge in [-0.1, -0.05) is 78.9 Å². The zero-order valence-electron chi connectivity index (χ0n) is 19.4. The molecule has 36 heavy (non-hydrogen) atoms. The van der Waals surface area contributed by atoms with Gasteiger partial charge in [-0.05, 0) is 87.8 Å². The van der Waals surface area contributed by atoms with E-state index in [4.69, 9.17) is 0 Å². The van der Waals surface area contributed by atoms with Crippen molar-refractivity contribution in [2.45, 2.75) is 0 Å². The third-order valence-electron chi connectivity index (χ3n) is 5.87. The summed E-state index contributed by atoms with van der Waals surface area (Å²) >= 11 is 2.20. The van der Waals surface area contributed by atoms with Crippen molar-refractivity contribution in [2.24, 2.45) is 0 Å². The summed E-state index contributed by atoms with van der Waals surface area (Å²) in [5, 5.41) is 9.86. The maximum absolute atomic E-state index is 9.86. The summed E-state index contributed by atoms with van der Waals surface area (Å²) in [6.45, 7) is 0. The fourth-order valence-electron chi connectivity index (χ4n) is 4.06. The zero-order valence-corrected chi connectivity index (χ0v) is 21.6. The summed E-state index contributed by atoms with van der Waals surface area (Å²) in [6.07, 6.45) is 3.80. The Hall–Kier alpha value is -4.21. The molecule has 5 rings (SSSR count). The lowest BCUT2D eigenvalue weighted by atomic mass is 10.00. The van der Waals surface area contributed by atoms with Gasteiger partial charge in [0, 0.05) is 28.8 Å². The van der Waals surface area contributed by atoms with Crippen LogP contribution in [0.3, 0.4) is 0 Å². The molecule has 172 valence electrons. The Labute approximate surface area is 225 Å². The normalized spacial score (nSPS) is 11.1. The third-order valence-corrected chi connectivity index (χ3v) is 6.51. The average molecular weight is 575 g/mol. The van der Waals surface area contributed by atoms with Crippen LogP contribution in [-0.2, 0) is 0 Å². The molecule has 0 amide bonds. The van der Waals surface area contributed by atoms with Crippen LogP contribution >= 0.6 is 22.6 Å². The molecule has 0 aliphatic rings. The molecule has 0 bridgehead atoms. The van der Waals surface area contributed by atoms with Gasteiger partial charge < -0.3 is 4.90 Å². The van der Waals surface area contributed by atoms with Gasteiger partial charge in [0.1, 0.15) is 3.70 Å². The standard InChI is InChI=1S/C32H22IN3/c33-32-20-17-27(23-35-32)25-13-15-26(16-14-25)28(22-34)21-24-11-18-31(19-12-24)36(29-7-3-1-4-8-29)30-9-5-2-6-10-30/h1-21,23H/b28-21+. The Morgan fingerprint density at radius 3 is 1.75 bits per heavy atom. The van der Waals surface area contributed by atoms with E-state index >= 15 is 0 Å². The summed E-state index contributed by atoms with van der Waals surface area (Å²) < 4.78 is 0.962. The van der Waals surface area contributed by atoms with Crippen LogP contribution < -0.4 is 4.90 Å². The molecule has 4 heteroatoms. The van der Waals surface area contributed by atoms with Crippen molar-refractivity contribution in [1.82, 2.24) is 4.98 Å². The Morgan fingerprint density at radius 1 is 0.667 bits per heavy atom. The molecule has 0 saturated heterocycles. The van der Waals surface area contributed by atoms with Gasteiger partial charge in [-0.25, -0.2) is 4.98 Å². The third kappa shape index (κ3) is 5.37. The van der Waals surface area contributed by atoms with Gasteiger partial charge in [-0.15, -0.1) is 0 Å². The highest BCUT2D eigenvalue weighted by atomic mass is 127. The number of rotatable bonds is 6. The first-order chi connectivity index (χ1) is 17.7. The molecule has 0 spiro atoms. The van der Waals surface area contributed by atoms with Crippen LogP contribution in [0.25, 0.3) is 22.8 Å². The van der Waals surface area contributed by atoms with E-state index in [1.165, 1.54) is 0 Å². The highest BCUT2D eigenvalue weighted by molar-refractivity contribution is 14.1. The number of hydrogen-bond acceptors (Lipinski definition) is 3. The molecule has 0 saturated carbocycles. The number of nitrogens with zero attached hydrogens (tertiary/aromatic N) is 3. The van der Waals surface area contributed by atoms with Crippen molar-refractivity contribution in [2.75, 3.05) is 4.90 Å². The lowest BCUT2D eigenvalue weighted by molar-refractivity contribution is 1.27. The van der Waals surface area contributed by atoms with Crippen LogP contribution in [0.2, 0.25) is 0 Å². The SMILES string of the molecule is N#C/C(=C\c1ccc(N(c2ccccc2)c2ccccc2)cc1)c1ccc(-c2ccc(I)nc2)cc1. The second-order valence-corrected chi connectivity index (χ2v) is 9.32. The molecule has 0 unspecified atom stereocenters. The molecule has 0 atom stereocenters. The van der Waals surface area contributed by atoms with Crippen LogP contribution in [0.4, 0.5) is 17.1 Å². The Morgan fingerprint density at radius 2 is 1.22 bits per heavy atom. The van der Waals surface area contributed by atoms with Gasteiger partial charge in [0.05, 0.1) is 11.6 Å². The van der Waals surface area contributed by atoms with Gasteiger partial charge in [0.25, 0.3) is 0 Å². The van der Waals surface area contributed by atoms with E-state index in [2.05, 4.69) is 93.1 Å². The first-order valence-electron chi connectivity index (χ1n) is 11.6. The molecule has 0 radical (unpaired) electrons. The van der Waals surface area contributed by atoms with Crippen molar-refractivity contribution in [3.8, 4) is 17.2 Å². The van der Waals surface area contributed by atoms with E-state index < -0.39 is 0 Å². The van der Waals surface area contributed by atoms with Gasteiger partial charge in [0.2, 0.25) is 0 Å². The second kappa shape index (κ2) is 11.0. The van der Waals surface area contributed by atoms with Gasteiger partial charge in [-0.2, -0.15) is 5.26 Å². The first-order valence-corrected chi connectivity index (χ1v) is 12.6. The minimum absolute atomic E-state index is 0.623. The summed E-state index contributed by atoms with van der Waals surface area (Å²) in [4.78, 5) is 6.58. The van der Waals surface area contributed by atoms with Gasteiger partial charge >= 0.3 is 0 Å². The molecule has 3 nitrogen and oxygen atoms in total. The lowest BCUT2D eigenvalue weighted by Gasteiger charge is -2.25. The molecule has 1 aromatic heterocycles. The summed E-state index contributed by atoms with van der Waals surface area (Å²) in [7, 11) is 0. The Balaban J connectivity index is 1.42. The van der Waals surface area contributed by atoms with Crippen LogP contribution in [0.15, 0.2) is 128 Å². The topological polar surface area (TPSA) is 39.9 Å². The number of nitriles is 1. The monoisotopic (exact) mass is 575 g/mol. The molecular formula is C32H22IN3. The van der Waals surface area contributed by atoms with Crippen LogP contribution in [0.5, 0.6) is 0 Å². The van der Waals surface area contributed by atoms with Crippen molar-refractivity contribution in [1.29, 1.82) is 5.26 Å². The highest BCUT2D eigenvalue weighted by Gasteiger charge is 2.11. The average Bonchev–Trinajstić information content (AvgIpc) is 2.94. The summed E-state index contributed by atoms with van der Waals surface area (Å²) in [5.41, 5.74) is 7.85. The second-order valence-electron chi connectivity index (χ2n) is 8.21. The molecule has 0 aliphatic heterocycles. The smallest absolute Gasteiger partial charge is 0.101 e. The lowest BCUT2D eigenvalue weighted by Crippen LogP contribution is -2.09. The van der Waals surface area contributed by atoms with E-state index in [9.17, 15) is 5.26 Å². The molecule has 0 N–H and O–H groups in total. The van der Waals surface area contributed by atoms with E-state index in [0.717, 1.165) is 43.0 Å². The number of halogens is 1. The van der Waals surface area contributed by atoms with Crippen molar-refractivity contribution >= 4 is 51.3 Å². The molecular weight excluding hydrogens is 553 g/mol. The minimum Gasteiger partial charge on any atom is -0.311 e. The van der Waals surface area contributed by atoms with E-state index in [0.29, 0.717) is 5.57 Å².